The van der Waals surface area contributed by atoms with Gasteiger partial charge in [0.2, 0.25) is 5.78 Å². The highest BCUT2D eigenvalue weighted by molar-refractivity contribution is 5.98. The lowest BCUT2D eigenvalue weighted by atomic mass is 10.0. The number of anilines is 1. The van der Waals surface area contributed by atoms with Gasteiger partial charge in [-0.25, -0.2) is 11.3 Å². The van der Waals surface area contributed by atoms with Gasteiger partial charge in [-0.05, 0) is 59.7 Å². The molecule has 0 unspecified atom stereocenters. The zero-order chi connectivity index (χ0) is 26.1. The number of hydrogen-bond acceptors (Lipinski definition) is 5. The Morgan fingerprint density at radius 1 is 0.895 bits per heavy atom. The predicted molar refractivity (Wildman–Crippen MR) is 146 cm³/mol. The fraction of sp³-hybridized carbons (Fsp3) is 0.290. The highest BCUT2D eigenvalue weighted by atomic mass is 16.5. The minimum absolute atomic E-state index is 0.0138. The van der Waals surface area contributed by atoms with E-state index in [9.17, 15) is 9.59 Å². The fourth-order valence-electron chi connectivity index (χ4n) is 5.04. The van der Waals surface area contributed by atoms with Crippen molar-refractivity contribution in [3.8, 4) is 5.69 Å². The molecule has 0 bridgehead atoms. The normalized spacial score (nSPS) is 16.2. The average molecular weight is 505 g/mol. The van der Waals surface area contributed by atoms with Gasteiger partial charge >= 0.3 is 0 Å². The standard InChI is InChI=1S/C31H28N4O3/c1-32-31(12-13-31)30(37)20-22-2-7-27(8-3-22)35-28-11-4-23(18-25(28)21-33-35)19-29(36)24-5-9-26(10-6-24)34-14-16-38-17-15-34/h2-11,18,21H,12-17,19-20H2. The number of ketones is 2. The van der Waals surface area contributed by atoms with Crippen LogP contribution < -0.4 is 4.90 Å². The summed E-state index contributed by atoms with van der Waals surface area (Å²) in [6.45, 7) is 10.5. The molecule has 1 aromatic heterocycles. The molecule has 2 heterocycles. The third kappa shape index (κ3) is 4.71. The van der Waals surface area contributed by atoms with Gasteiger partial charge in [0.25, 0.3) is 5.54 Å². The van der Waals surface area contributed by atoms with Crippen molar-refractivity contribution in [2.45, 2.75) is 31.2 Å². The van der Waals surface area contributed by atoms with Gasteiger partial charge in [-0.3, -0.25) is 9.59 Å². The van der Waals surface area contributed by atoms with Crippen molar-refractivity contribution < 1.29 is 14.3 Å². The molecule has 1 aliphatic heterocycles. The molecule has 3 aromatic carbocycles. The molecule has 0 N–H and O–H groups in total. The number of aromatic nitrogens is 2. The van der Waals surface area contributed by atoms with Gasteiger partial charge in [-0.2, -0.15) is 5.10 Å². The first-order chi connectivity index (χ1) is 18.5. The Morgan fingerprint density at radius 2 is 1.58 bits per heavy atom. The Morgan fingerprint density at radius 3 is 2.26 bits per heavy atom. The van der Waals surface area contributed by atoms with Crippen molar-refractivity contribution >= 4 is 28.2 Å². The van der Waals surface area contributed by atoms with Crippen molar-refractivity contribution in [1.29, 1.82) is 0 Å². The molecule has 1 saturated carbocycles. The topological polar surface area (TPSA) is 68.8 Å². The minimum atomic E-state index is -0.762. The van der Waals surface area contributed by atoms with E-state index in [1.165, 1.54) is 0 Å². The molecule has 1 aliphatic carbocycles. The summed E-state index contributed by atoms with van der Waals surface area (Å²) in [4.78, 5) is 31.2. The van der Waals surface area contributed by atoms with E-state index in [0.29, 0.717) is 24.8 Å². The first-order valence-corrected chi connectivity index (χ1v) is 13.0. The SMILES string of the molecule is [C-]#[N+]C1(C(=O)Cc2ccc(-n3ncc4cc(CC(=O)c5ccc(N6CCOCC6)cc5)ccc43)cc2)CC1. The molecule has 1 saturated heterocycles. The molecule has 7 heteroatoms. The van der Waals surface area contributed by atoms with Crippen LogP contribution in [0.5, 0.6) is 0 Å². The molecule has 0 atom stereocenters. The van der Waals surface area contributed by atoms with Gasteiger partial charge in [-0.15, -0.1) is 0 Å². The van der Waals surface area contributed by atoms with Crippen LogP contribution in [0, 0.1) is 6.57 Å². The maximum atomic E-state index is 13.0. The van der Waals surface area contributed by atoms with Crippen molar-refractivity contribution in [3.05, 3.63) is 101 Å². The second kappa shape index (κ2) is 9.88. The lowest BCUT2D eigenvalue weighted by molar-refractivity contribution is -0.119. The smallest absolute Gasteiger partial charge is 0.290 e. The van der Waals surface area contributed by atoms with E-state index in [4.69, 9.17) is 11.3 Å². The van der Waals surface area contributed by atoms with E-state index in [-0.39, 0.29) is 18.0 Å². The number of hydrogen-bond donors (Lipinski definition) is 0. The van der Waals surface area contributed by atoms with Crippen molar-refractivity contribution in [2.24, 2.45) is 0 Å². The fourth-order valence-corrected chi connectivity index (χ4v) is 5.04. The summed E-state index contributed by atoms with van der Waals surface area (Å²) in [5, 5.41) is 5.53. The lowest BCUT2D eigenvalue weighted by Gasteiger charge is -2.28. The Labute approximate surface area is 221 Å². The number of ether oxygens (including phenoxy) is 1. The van der Waals surface area contributed by atoms with Crippen molar-refractivity contribution in [2.75, 3.05) is 31.2 Å². The molecule has 6 rings (SSSR count). The summed E-state index contributed by atoms with van der Waals surface area (Å²) >= 11 is 0. The molecule has 7 nitrogen and oxygen atoms in total. The molecular formula is C31H28N4O3. The number of carbonyl (C=O) groups excluding carboxylic acids is 2. The zero-order valence-corrected chi connectivity index (χ0v) is 21.1. The van der Waals surface area contributed by atoms with Crippen LogP contribution in [-0.2, 0) is 22.4 Å². The maximum Gasteiger partial charge on any atom is 0.290 e. The Balaban J connectivity index is 1.13. The summed E-state index contributed by atoms with van der Waals surface area (Å²) in [6.07, 6.45) is 3.79. The lowest BCUT2D eigenvalue weighted by Crippen LogP contribution is -2.36. The monoisotopic (exact) mass is 504 g/mol. The molecule has 2 fully saturated rings. The van der Waals surface area contributed by atoms with Crippen LogP contribution in [0.15, 0.2) is 72.9 Å². The second-order valence-corrected chi connectivity index (χ2v) is 10.1. The number of rotatable bonds is 8. The van der Waals surface area contributed by atoms with E-state index in [1.54, 1.807) is 0 Å². The second-order valence-electron chi connectivity index (χ2n) is 10.1. The van der Waals surface area contributed by atoms with Crippen LogP contribution in [-0.4, -0.2) is 53.2 Å². The first-order valence-electron chi connectivity index (χ1n) is 13.0. The molecule has 0 amide bonds. The van der Waals surface area contributed by atoms with E-state index >= 15 is 0 Å². The van der Waals surface area contributed by atoms with Crippen molar-refractivity contribution in [1.82, 2.24) is 9.78 Å². The summed E-state index contributed by atoms with van der Waals surface area (Å²) in [7, 11) is 0. The average Bonchev–Trinajstić information content (AvgIpc) is 3.67. The molecule has 0 spiro atoms. The first kappa shape index (κ1) is 24.1. The van der Waals surface area contributed by atoms with Crippen LogP contribution in [0.1, 0.15) is 34.3 Å². The van der Waals surface area contributed by atoms with Crippen molar-refractivity contribution in [3.63, 3.8) is 0 Å². The summed E-state index contributed by atoms with van der Waals surface area (Å²) in [5.41, 5.74) is 4.76. The van der Waals surface area contributed by atoms with E-state index < -0.39 is 5.54 Å². The quantitative estimate of drug-likeness (QED) is 0.253. The third-order valence-electron chi connectivity index (χ3n) is 7.56. The van der Waals surface area contributed by atoms with E-state index in [0.717, 1.165) is 59.7 Å². The van der Waals surface area contributed by atoms with Crippen LogP contribution in [0.2, 0.25) is 0 Å². The third-order valence-corrected chi connectivity index (χ3v) is 7.56. The van der Waals surface area contributed by atoms with Gasteiger partial charge in [-0.1, -0.05) is 18.2 Å². The number of nitrogens with zero attached hydrogens (tertiary/aromatic N) is 4. The molecular weight excluding hydrogens is 476 g/mol. The summed E-state index contributed by atoms with van der Waals surface area (Å²) < 4.78 is 7.28. The van der Waals surface area contributed by atoms with E-state index in [2.05, 4.69) is 14.8 Å². The number of Topliss-reactive ketones (excluding diaryl/α,β-unsaturated/α-hetero) is 2. The van der Waals surface area contributed by atoms with Crippen LogP contribution in [0.25, 0.3) is 21.4 Å². The van der Waals surface area contributed by atoms with Crippen LogP contribution in [0.3, 0.4) is 0 Å². The zero-order valence-electron chi connectivity index (χ0n) is 21.1. The van der Waals surface area contributed by atoms with Gasteiger partial charge in [0.15, 0.2) is 5.78 Å². The molecule has 2 aliphatic rings. The number of morpholine rings is 1. The van der Waals surface area contributed by atoms with Gasteiger partial charge in [0, 0.05) is 55.4 Å². The molecule has 0 radical (unpaired) electrons. The largest absolute Gasteiger partial charge is 0.378 e. The minimum Gasteiger partial charge on any atom is -0.378 e. The Kier molecular flexibility index (Phi) is 6.26. The summed E-state index contributed by atoms with van der Waals surface area (Å²) in [5.74, 6) is 0.0986. The predicted octanol–water partition coefficient (Wildman–Crippen LogP) is 4.85. The number of fused-ring (bicyclic) bond motifs is 1. The van der Waals surface area contributed by atoms with Gasteiger partial charge in [0.1, 0.15) is 0 Å². The number of carbonyl (C=O) groups is 2. The number of benzene rings is 3. The van der Waals surface area contributed by atoms with Gasteiger partial charge in [0.05, 0.1) is 30.6 Å². The van der Waals surface area contributed by atoms with E-state index in [1.807, 2.05) is 77.6 Å². The highest BCUT2D eigenvalue weighted by Gasteiger charge is 2.57. The summed E-state index contributed by atoms with van der Waals surface area (Å²) in [6, 6.07) is 21.6. The maximum absolute atomic E-state index is 13.0. The Bertz CT molecular complexity index is 1540. The Hall–Kier alpha value is -4.28. The molecule has 4 aromatic rings. The van der Waals surface area contributed by atoms with Crippen LogP contribution >= 0.6 is 0 Å². The van der Waals surface area contributed by atoms with Crippen LogP contribution in [0.4, 0.5) is 5.69 Å². The molecule has 190 valence electrons. The van der Waals surface area contributed by atoms with Gasteiger partial charge < -0.3 is 14.5 Å². The molecule has 38 heavy (non-hydrogen) atoms. The highest BCUT2D eigenvalue weighted by Crippen LogP contribution is 2.41.